The number of esters is 1. The minimum absolute atomic E-state index is 0.191. The highest BCUT2D eigenvalue weighted by Crippen LogP contribution is 2.32. The van der Waals surface area contributed by atoms with Crippen molar-refractivity contribution < 1.29 is 28.7 Å². The van der Waals surface area contributed by atoms with Gasteiger partial charge in [0.15, 0.2) is 5.82 Å². The molecule has 0 aliphatic rings. The second-order valence-electron chi connectivity index (χ2n) is 8.69. The maximum absolute atomic E-state index is 12.5. The summed E-state index contributed by atoms with van der Waals surface area (Å²) < 4.78 is 9.79. The molecule has 0 saturated heterocycles. The Balaban J connectivity index is 2.12. The normalized spacial score (nSPS) is 12.4. The van der Waals surface area contributed by atoms with Gasteiger partial charge in [-0.15, -0.1) is 10.2 Å². The largest absolute Gasteiger partial charge is 0.467 e. The number of fused-ring (bicyclic) bond motifs is 1. The summed E-state index contributed by atoms with van der Waals surface area (Å²) in [7, 11) is 1.25. The van der Waals surface area contributed by atoms with Crippen LogP contribution in [0.15, 0.2) is 34.5 Å². The molecule has 0 aliphatic carbocycles. The lowest BCUT2D eigenvalue weighted by Gasteiger charge is -2.19. The molecule has 0 bridgehead atoms. The average Bonchev–Trinajstić information content (AvgIpc) is 3.10. The number of nitrogens with zero attached hydrogens (tertiary/aromatic N) is 2. The number of alkyl carbamates (subject to hydrolysis) is 1. The third kappa shape index (κ3) is 7.57. The molecule has 2 rings (SSSR count). The van der Waals surface area contributed by atoms with Gasteiger partial charge in [0.05, 0.1) is 7.11 Å². The SMILES string of the molecule is COC(=O)[C@@H](NC(=O)Nc1[nH]c(N=NC(=O)CNC(=O)OC(C)(C)C)c2ccccc12)C(C)C. The number of hydrogen-bond acceptors (Lipinski definition) is 7. The van der Waals surface area contributed by atoms with E-state index in [1.807, 2.05) is 0 Å². The van der Waals surface area contributed by atoms with Crippen LogP contribution in [0.5, 0.6) is 0 Å². The maximum atomic E-state index is 12.5. The first-order chi connectivity index (χ1) is 15.9. The first kappa shape index (κ1) is 26.3. The zero-order valence-corrected chi connectivity index (χ0v) is 20.0. The summed E-state index contributed by atoms with van der Waals surface area (Å²) in [6.07, 6.45) is -0.745. The second kappa shape index (κ2) is 11.3. The lowest BCUT2D eigenvalue weighted by molar-refractivity contribution is -0.143. The van der Waals surface area contributed by atoms with Gasteiger partial charge in [-0.3, -0.25) is 10.1 Å². The summed E-state index contributed by atoms with van der Waals surface area (Å²) in [6.45, 7) is 8.27. The monoisotopic (exact) mass is 474 g/mol. The smallest absolute Gasteiger partial charge is 0.408 e. The fourth-order valence-electron chi connectivity index (χ4n) is 2.86. The number of rotatable bonds is 7. The number of methoxy groups -OCH3 is 1. The van der Waals surface area contributed by atoms with Gasteiger partial charge in [-0.1, -0.05) is 38.1 Å². The van der Waals surface area contributed by atoms with Gasteiger partial charge in [-0.2, -0.15) is 0 Å². The number of carbonyl (C=O) groups is 4. The van der Waals surface area contributed by atoms with E-state index in [0.29, 0.717) is 16.6 Å². The minimum Gasteiger partial charge on any atom is -0.467 e. The number of hydrogen-bond donors (Lipinski definition) is 4. The topological polar surface area (TPSA) is 163 Å². The van der Waals surface area contributed by atoms with Gasteiger partial charge < -0.3 is 25.1 Å². The highest BCUT2D eigenvalue weighted by Gasteiger charge is 2.25. The second-order valence-corrected chi connectivity index (χ2v) is 8.69. The van der Waals surface area contributed by atoms with E-state index in [-0.39, 0.29) is 11.7 Å². The van der Waals surface area contributed by atoms with Crippen LogP contribution in [0.3, 0.4) is 0 Å². The number of azo groups is 1. The summed E-state index contributed by atoms with van der Waals surface area (Å²) in [5.74, 6) is -0.925. The number of ether oxygens (including phenoxy) is 2. The van der Waals surface area contributed by atoms with Crippen molar-refractivity contribution in [3.8, 4) is 0 Å². The number of aromatic amines is 1. The maximum Gasteiger partial charge on any atom is 0.408 e. The van der Waals surface area contributed by atoms with E-state index in [1.165, 1.54) is 7.11 Å². The van der Waals surface area contributed by atoms with E-state index in [1.54, 1.807) is 58.9 Å². The van der Waals surface area contributed by atoms with Gasteiger partial charge in [0.25, 0.3) is 5.91 Å². The molecule has 4 N–H and O–H groups in total. The van der Waals surface area contributed by atoms with Gasteiger partial charge in [0, 0.05) is 10.8 Å². The van der Waals surface area contributed by atoms with Gasteiger partial charge in [0.1, 0.15) is 24.0 Å². The van der Waals surface area contributed by atoms with Crippen molar-refractivity contribution in [3.05, 3.63) is 24.3 Å². The Kier molecular flexibility index (Phi) is 8.70. The predicted octanol–water partition coefficient (Wildman–Crippen LogP) is 3.62. The molecule has 1 heterocycles. The highest BCUT2D eigenvalue weighted by molar-refractivity contribution is 6.05. The molecule has 0 saturated carbocycles. The van der Waals surface area contributed by atoms with E-state index >= 15 is 0 Å². The molecule has 1 aromatic heterocycles. The molecule has 0 unspecified atom stereocenters. The molecule has 0 aliphatic heterocycles. The van der Waals surface area contributed by atoms with Crippen molar-refractivity contribution in [2.75, 3.05) is 19.0 Å². The quantitative estimate of drug-likeness (QED) is 0.354. The van der Waals surface area contributed by atoms with Crippen molar-refractivity contribution in [1.82, 2.24) is 15.6 Å². The van der Waals surface area contributed by atoms with Crippen LogP contribution in [0.25, 0.3) is 10.8 Å². The summed E-state index contributed by atoms with van der Waals surface area (Å²) in [5, 5.41) is 16.3. The lowest BCUT2D eigenvalue weighted by Crippen LogP contribution is -2.46. The number of benzene rings is 1. The summed E-state index contributed by atoms with van der Waals surface area (Å²) in [5.41, 5.74) is -0.695. The van der Waals surface area contributed by atoms with Crippen LogP contribution >= 0.6 is 0 Å². The van der Waals surface area contributed by atoms with E-state index in [4.69, 9.17) is 9.47 Å². The van der Waals surface area contributed by atoms with Gasteiger partial charge in [-0.25, -0.2) is 14.4 Å². The molecule has 0 spiro atoms. The lowest BCUT2D eigenvalue weighted by atomic mass is 10.1. The van der Waals surface area contributed by atoms with Crippen LogP contribution in [-0.2, 0) is 19.1 Å². The number of carbonyl (C=O) groups excluding carboxylic acids is 4. The molecular formula is C22H30N6O6. The van der Waals surface area contributed by atoms with Gasteiger partial charge in [-0.05, 0) is 26.7 Å². The predicted molar refractivity (Wildman–Crippen MR) is 125 cm³/mol. The van der Waals surface area contributed by atoms with Crippen LogP contribution in [0, 0.1) is 5.92 Å². The zero-order chi connectivity index (χ0) is 25.5. The van der Waals surface area contributed by atoms with Crippen LogP contribution in [0.4, 0.5) is 21.2 Å². The Labute approximate surface area is 196 Å². The molecule has 12 heteroatoms. The Morgan fingerprint density at radius 3 is 2.32 bits per heavy atom. The number of amides is 4. The molecule has 4 amide bonds. The van der Waals surface area contributed by atoms with Crippen molar-refractivity contribution >= 4 is 46.4 Å². The number of nitrogens with one attached hydrogen (secondary N) is 4. The number of anilines is 1. The molecule has 1 atom stereocenters. The van der Waals surface area contributed by atoms with Crippen LogP contribution in [-0.4, -0.2) is 54.3 Å². The van der Waals surface area contributed by atoms with Crippen LogP contribution < -0.4 is 16.0 Å². The molecule has 34 heavy (non-hydrogen) atoms. The van der Waals surface area contributed by atoms with Crippen molar-refractivity contribution in [1.29, 1.82) is 0 Å². The fraction of sp³-hybridized carbons (Fsp3) is 0.455. The van der Waals surface area contributed by atoms with Gasteiger partial charge >= 0.3 is 18.1 Å². The van der Waals surface area contributed by atoms with Gasteiger partial charge in [0.2, 0.25) is 0 Å². The fourth-order valence-corrected chi connectivity index (χ4v) is 2.86. The van der Waals surface area contributed by atoms with E-state index in [2.05, 4.69) is 31.2 Å². The molecule has 2 aromatic rings. The Morgan fingerprint density at radius 1 is 1.09 bits per heavy atom. The first-order valence-corrected chi connectivity index (χ1v) is 10.6. The number of H-pyrrole nitrogens is 1. The molecular weight excluding hydrogens is 444 g/mol. The van der Waals surface area contributed by atoms with Crippen LogP contribution in [0.1, 0.15) is 34.6 Å². The Hall–Kier alpha value is -3.96. The third-order valence-corrected chi connectivity index (χ3v) is 4.39. The van der Waals surface area contributed by atoms with E-state index in [0.717, 1.165) is 0 Å². The number of aromatic nitrogens is 1. The highest BCUT2D eigenvalue weighted by atomic mass is 16.6. The van der Waals surface area contributed by atoms with Crippen molar-refractivity contribution in [2.24, 2.45) is 16.1 Å². The zero-order valence-electron chi connectivity index (χ0n) is 20.0. The molecule has 184 valence electrons. The summed E-state index contributed by atoms with van der Waals surface area (Å²) >= 11 is 0. The molecule has 0 radical (unpaired) electrons. The van der Waals surface area contributed by atoms with Crippen molar-refractivity contribution in [2.45, 2.75) is 46.3 Å². The Bertz CT molecular complexity index is 1090. The number of urea groups is 1. The average molecular weight is 475 g/mol. The standard InChI is InChI=1S/C22H30N6O6/c1-12(2)16(19(30)33-6)24-20(31)26-17-13-9-7-8-10-14(13)18(25-17)28-27-15(29)11-23-21(32)34-22(3,4)5/h7-10,12,16,25H,11H2,1-6H3,(H,23,32)(H2,24,26,31)/t16-/m0/s1. The Morgan fingerprint density at radius 2 is 1.74 bits per heavy atom. The first-order valence-electron chi connectivity index (χ1n) is 10.6. The molecule has 1 aromatic carbocycles. The molecule has 12 nitrogen and oxygen atoms in total. The van der Waals surface area contributed by atoms with E-state index in [9.17, 15) is 19.2 Å². The van der Waals surface area contributed by atoms with E-state index < -0.39 is 42.2 Å². The van der Waals surface area contributed by atoms with Crippen LogP contribution in [0.2, 0.25) is 0 Å². The third-order valence-electron chi connectivity index (χ3n) is 4.39. The van der Waals surface area contributed by atoms with Crippen molar-refractivity contribution in [3.63, 3.8) is 0 Å². The summed E-state index contributed by atoms with van der Waals surface area (Å²) in [4.78, 5) is 51.0. The molecule has 0 fully saturated rings. The minimum atomic E-state index is -0.833. The summed E-state index contributed by atoms with van der Waals surface area (Å²) in [6, 6.07) is 5.54.